The van der Waals surface area contributed by atoms with Crippen molar-refractivity contribution in [1.29, 1.82) is 0 Å². The van der Waals surface area contributed by atoms with Gasteiger partial charge in [0.05, 0.1) is 0 Å². The number of benzene rings is 1. The summed E-state index contributed by atoms with van der Waals surface area (Å²) in [5.74, 6) is 0. The Labute approximate surface area is 70.6 Å². The molecule has 0 spiro atoms. The first-order valence-corrected chi connectivity index (χ1v) is 3.64. The maximum atomic E-state index is 8.13. The van der Waals surface area contributed by atoms with Gasteiger partial charge in [-0.3, -0.25) is 0 Å². The Kier molecular flexibility index (Phi) is 2.69. The van der Waals surface area contributed by atoms with Crippen LogP contribution in [0.1, 0.15) is 18.5 Å². The van der Waals surface area contributed by atoms with Gasteiger partial charge in [-0.05, 0) is 18.0 Å². The fourth-order valence-electron chi connectivity index (χ4n) is 0.896. The first-order chi connectivity index (χ1) is 5.74. The minimum Gasteiger partial charge on any atom is -0.324 e. The second-order valence-corrected chi connectivity index (χ2v) is 2.57. The molecule has 0 aliphatic heterocycles. The molecule has 2 N–H and O–H groups in total. The summed E-state index contributed by atoms with van der Waals surface area (Å²) in [4.78, 5) is 2.67. The van der Waals surface area contributed by atoms with E-state index in [0.717, 1.165) is 5.56 Å². The second-order valence-electron chi connectivity index (χ2n) is 2.57. The smallest absolute Gasteiger partial charge is 0.0375 e. The van der Waals surface area contributed by atoms with Gasteiger partial charge in [-0.1, -0.05) is 29.4 Å². The lowest BCUT2D eigenvalue weighted by molar-refractivity contribution is 0.818. The monoisotopic (exact) mass is 162 g/mol. The maximum absolute atomic E-state index is 8.13. The van der Waals surface area contributed by atoms with E-state index >= 15 is 0 Å². The Bertz CT molecular complexity index is 295. The van der Waals surface area contributed by atoms with E-state index < -0.39 is 0 Å². The summed E-state index contributed by atoms with van der Waals surface area (Å²) >= 11 is 0. The Hall–Kier alpha value is -1.51. The SMILES string of the molecule is C[C@H](N)c1ccc(N=[N+]=[N-])cc1. The van der Waals surface area contributed by atoms with E-state index in [1.165, 1.54) is 0 Å². The van der Waals surface area contributed by atoms with Crippen LogP contribution in [-0.2, 0) is 0 Å². The van der Waals surface area contributed by atoms with Crippen LogP contribution in [0.15, 0.2) is 29.4 Å². The van der Waals surface area contributed by atoms with Crippen LogP contribution in [0.3, 0.4) is 0 Å². The third-order valence-electron chi connectivity index (χ3n) is 1.58. The molecule has 0 bridgehead atoms. The second kappa shape index (κ2) is 3.76. The number of azide groups is 1. The van der Waals surface area contributed by atoms with Crippen molar-refractivity contribution in [2.24, 2.45) is 10.8 Å². The molecule has 4 nitrogen and oxygen atoms in total. The van der Waals surface area contributed by atoms with E-state index in [2.05, 4.69) is 10.0 Å². The van der Waals surface area contributed by atoms with Gasteiger partial charge in [0.15, 0.2) is 0 Å². The molecule has 0 fully saturated rings. The molecule has 0 radical (unpaired) electrons. The van der Waals surface area contributed by atoms with Gasteiger partial charge in [0, 0.05) is 16.6 Å². The molecule has 0 saturated heterocycles. The number of hydrogen-bond acceptors (Lipinski definition) is 2. The van der Waals surface area contributed by atoms with Crippen LogP contribution in [0, 0.1) is 0 Å². The van der Waals surface area contributed by atoms with Crippen molar-refractivity contribution >= 4 is 5.69 Å². The van der Waals surface area contributed by atoms with Crippen LogP contribution >= 0.6 is 0 Å². The lowest BCUT2D eigenvalue weighted by Gasteiger charge is -2.03. The minimum absolute atomic E-state index is 0.0186. The van der Waals surface area contributed by atoms with E-state index in [1.54, 1.807) is 12.1 Å². The zero-order valence-corrected chi connectivity index (χ0v) is 6.81. The Morgan fingerprint density at radius 1 is 1.42 bits per heavy atom. The van der Waals surface area contributed by atoms with Gasteiger partial charge in [-0.15, -0.1) is 0 Å². The van der Waals surface area contributed by atoms with Gasteiger partial charge in [-0.2, -0.15) is 0 Å². The molecule has 0 heterocycles. The van der Waals surface area contributed by atoms with Crippen molar-refractivity contribution < 1.29 is 0 Å². The van der Waals surface area contributed by atoms with Crippen molar-refractivity contribution in [2.45, 2.75) is 13.0 Å². The molecular weight excluding hydrogens is 152 g/mol. The van der Waals surface area contributed by atoms with E-state index in [0.29, 0.717) is 5.69 Å². The van der Waals surface area contributed by atoms with Crippen LogP contribution in [0.25, 0.3) is 10.4 Å². The van der Waals surface area contributed by atoms with Crippen LogP contribution in [-0.4, -0.2) is 0 Å². The largest absolute Gasteiger partial charge is 0.324 e. The average molecular weight is 162 g/mol. The molecule has 0 aliphatic carbocycles. The summed E-state index contributed by atoms with van der Waals surface area (Å²) in [6.07, 6.45) is 0. The van der Waals surface area contributed by atoms with Crippen LogP contribution in [0.5, 0.6) is 0 Å². The van der Waals surface area contributed by atoms with Crippen molar-refractivity contribution in [3.8, 4) is 0 Å². The van der Waals surface area contributed by atoms with E-state index in [1.807, 2.05) is 19.1 Å². The summed E-state index contributed by atoms with van der Waals surface area (Å²) in [5.41, 5.74) is 15.4. The van der Waals surface area contributed by atoms with Crippen LogP contribution in [0.2, 0.25) is 0 Å². The third-order valence-corrected chi connectivity index (χ3v) is 1.58. The van der Waals surface area contributed by atoms with E-state index in [-0.39, 0.29) is 6.04 Å². The molecule has 1 aromatic carbocycles. The summed E-state index contributed by atoms with van der Waals surface area (Å²) in [6.45, 7) is 1.91. The van der Waals surface area contributed by atoms with Gasteiger partial charge in [-0.25, -0.2) is 0 Å². The average Bonchev–Trinajstić information content (AvgIpc) is 2.06. The molecule has 0 amide bonds. The number of nitrogens with two attached hydrogens (primary N) is 1. The summed E-state index contributed by atoms with van der Waals surface area (Å²) in [7, 11) is 0. The fourth-order valence-corrected chi connectivity index (χ4v) is 0.896. The molecule has 4 heteroatoms. The van der Waals surface area contributed by atoms with Gasteiger partial charge >= 0.3 is 0 Å². The summed E-state index contributed by atoms with van der Waals surface area (Å²) in [5, 5.41) is 3.45. The Balaban J connectivity index is 2.92. The zero-order valence-electron chi connectivity index (χ0n) is 6.81. The molecular formula is C8H10N4. The van der Waals surface area contributed by atoms with Gasteiger partial charge in [0.2, 0.25) is 0 Å². The zero-order chi connectivity index (χ0) is 8.97. The maximum Gasteiger partial charge on any atom is 0.0375 e. The highest BCUT2D eigenvalue weighted by Crippen LogP contribution is 2.16. The highest BCUT2D eigenvalue weighted by atomic mass is 15.1. The number of nitrogens with zero attached hydrogens (tertiary/aromatic N) is 3. The van der Waals surface area contributed by atoms with Crippen molar-refractivity contribution in [1.82, 2.24) is 0 Å². The topological polar surface area (TPSA) is 74.8 Å². The molecule has 0 saturated carbocycles. The molecule has 1 rings (SSSR count). The highest BCUT2D eigenvalue weighted by molar-refractivity contribution is 5.39. The molecule has 62 valence electrons. The van der Waals surface area contributed by atoms with Crippen molar-refractivity contribution in [2.75, 3.05) is 0 Å². The normalized spacial score (nSPS) is 11.8. The quantitative estimate of drug-likeness (QED) is 0.405. The fraction of sp³-hybridized carbons (Fsp3) is 0.250. The van der Waals surface area contributed by atoms with Gasteiger partial charge in [0.25, 0.3) is 0 Å². The van der Waals surface area contributed by atoms with Crippen LogP contribution < -0.4 is 5.73 Å². The van der Waals surface area contributed by atoms with E-state index in [4.69, 9.17) is 11.3 Å². The van der Waals surface area contributed by atoms with Crippen LogP contribution in [0.4, 0.5) is 5.69 Å². The lowest BCUT2D eigenvalue weighted by atomic mass is 10.1. The molecule has 0 aliphatic rings. The lowest BCUT2D eigenvalue weighted by Crippen LogP contribution is -2.03. The van der Waals surface area contributed by atoms with Gasteiger partial charge in [0.1, 0.15) is 0 Å². The predicted molar refractivity (Wildman–Crippen MR) is 47.9 cm³/mol. The van der Waals surface area contributed by atoms with Crippen molar-refractivity contribution in [3.05, 3.63) is 40.3 Å². The molecule has 12 heavy (non-hydrogen) atoms. The summed E-state index contributed by atoms with van der Waals surface area (Å²) < 4.78 is 0. The first-order valence-electron chi connectivity index (χ1n) is 3.64. The predicted octanol–water partition coefficient (Wildman–Crippen LogP) is 2.65. The third kappa shape index (κ3) is 1.99. The van der Waals surface area contributed by atoms with E-state index in [9.17, 15) is 0 Å². The molecule has 0 unspecified atom stereocenters. The Morgan fingerprint density at radius 2 is 2.00 bits per heavy atom. The minimum atomic E-state index is 0.0186. The Morgan fingerprint density at radius 3 is 2.42 bits per heavy atom. The molecule has 1 aromatic rings. The highest BCUT2D eigenvalue weighted by Gasteiger charge is 1.96. The molecule has 0 aromatic heterocycles. The number of rotatable bonds is 2. The number of hydrogen-bond donors (Lipinski definition) is 1. The summed E-state index contributed by atoms with van der Waals surface area (Å²) in [6, 6.07) is 7.23. The van der Waals surface area contributed by atoms with Crippen molar-refractivity contribution in [3.63, 3.8) is 0 Å². The van der Waals surface area contributed by atoms with Gasteiger partial charge < -0.3 is 5.73 Å². The first kappa shape index (κ1) is 8.59. The molecule has 1 atom stereocenters. The standard InChI is InChI=1S/C8H10N4/c1-6(9)7-2-4-8(5-3-7)11-12-10/h2-6H,9H2,1H3/t6-/m0/s1.